The molecule has 0 saturated heterocycles. The van der Waals surface area contributed by atoms with Gasteiger partial charge in [-0.25, -0.2) is 5.43 Å². The fourth-order valence-corrected chi connectivity index (χ4v) is 2.73. The van der Waals surface area contributed by atoms with E-state index >= 15 is 0 Å². The number of nitrogens with one attached hydrogen (secondary N) is 2. The first kappa shape index (κ1) is 22.2. The van der Waals surface area contributed by atoms with Crippen LogP contribution in [0.15, 0.2) is 83.9 Å². The van der Waals surface area contributed by atoms with Crippen LogP contribution in [0.25, 0.3) is 6.08 Å². The number of methoxy groups -OCH3 is 2. The van der Waals surface area contributed by atoms with Crippen LogP contribution in [0.1, 0.15) is 21.5 Å². The summed E-state index contributed by atoms with van der Waals surface area (Å²) in [7, 11) is 3.05. The van der Waals surface area contributed by atoms with E-state index in [1.165, 1.54) is 26.5 Å². The minimum absolute atomic E-state index is 0.0120. The molecule has 8 nitrogen and oxygen atoms in total. The van der Waals surface area contributed by atoms with Crippen molar-refractivity contribution in [1.29, 1.82) is 0 Å². The molecule has 0 spiro atoms. The molecule has 2 aromatic carbocycles. The van der Waals surface area contributed by atoms with Crippen LogP contribution in [0.3, 0.4) is 0 Å². The minimum atomic E-state index is -0.589. The van der Waals surface area contributed by atoms with Crippen LogP contribution in [0.5, 0.6) is 11.5 Å². The molecule has 0 aliphatic heterocycles. The van der Waals surface area contributed by atoms with E-state index in [-0.39, 0.29) is 5.70 Å². The van der Waals surface area contributed by atoms with Gasteiger partial charge >= 0.3 is 0 Å². The van der Waals surface area contributed by atoms with Gasteiger partial charge in [0.05, 0.1) is 20.4 Å². The Morgan fingerprint density at radius 2 is 1.62 bits per heavy atom. The number of rotatable bonds is 8. The molecule has 8 heteroatoms. The number of nitrogens with zero attached hydrogens (tertiary/aromatic N) is 2. The van der Waals surface area contributed by atoms with Gasteiger partial charge in [-0.15, -0.1) is 0 Å². The highest BCUT2D eigenvalue weighted by Crippen LogP contribution is 2.28. The third-order valence-electron chi connectivity index (χ3n) is 4.33. The molecule has 2 amide bonds. The summed E-state index contributed by atoms with van der Waals surface area (Å²) in [4.78, 5) is 29.4. The summed E-state index contributed by atoms with van der Waals surface area (Å²) >= 11 is 0. The van der Waals surface area contributed by atoms with E-state index in [1.807, 2.05) is 0 Å². The second-order valence-electron chi connectivity index (χ2n) is 6.47. The highest BCUT2D eigenvalue weighted by atomic mass is 16.5. The number of benzene rings is 2. The Morgan fingerprint density at radius 1 is 0.906 bits per heavy atom. The van der Waals surface area contributed by atoms with Gasteiger partial charge < -0.3 is 14.8 Å². The summed E-state index contributed by atoms with van der Waals surface area (Å²) in [6.45, 7) is 0. The van der Waals surface area contributed by atoms with Crippen molar-refractivity contribution in [2.75, 3.05) is 14.2 Å². The second kappa shape index (κ2) is 11.1. The van der Waals surface area contributed by atoms with Crippen molar-refractivity contribution in [3.05, 3.63) is 95.4 Å². The lowest BCUT2D eigenvalue weighted by molar-refractivity contribution is -0.117. The Kier molecular flexibility index (Phi) is 7.69. The number of aromatic nitrogens is 1. The van der Waals surface area contributed by atoms with E-state index in [2.05, 4.69) is 20.8 Å². The van der Waals surface area contributed by atoms with Crippen molar-refractivity contribution < 1.29 is 19.1 Å². The van der Waals surface area contributed by atoms with E-state index in [4.69, 9.17) is 9.47 Å². The lowest BCUT2D eigenvalue weighted by Gasteiger charge is -2.11. The first-order chi connectivity index (χ1) is 15.6. The Morgan fingerprint density at radius 3 is 2.31 bits per heavy atom. The van der Waals surface area contributed by atoms with E-state index in [1.54, 1.807) is 73.1 Å². The highest BCUT2D eigenvalue weighted by Gasteiger charge is 2.15. The summed E-state index contributed by atoms with van der Waals surface area (Å²) < 4.78 is 10.6. The zero-order valence-corrected chi connectivity index (χ0v) is 17.6. The lowest BCUT2D eigenvalue weighted by atomic mass is 10.1. The maximum Gasteiger partial charge on any atom is 0.287 e. The number of carbonyl (C=O) groups is 2. The summed E-state index contributed by atoms with van der Waals surface area (Å²) in [5.74, 6) is 0.0250. The normalized spacial score (nSPS) is 11.1. The third-order valence-corrected chi connectivity index (χ3v) is 4.33. The van der Waals surface area contributed by atoms with Crippen molar-refractivity contribution >= 4 is 24.1 Å². The van der Waals surface area contributed by atoms with E-state index in [9.17, 15) is 9.59 Å². The van der Waals surface area contributed by atoms with Crippen LogP contribution < -0.4 is 20.2 Å². The number of hydrogen-bond donors (Lipinski definition) is 2. The summed E-state index contributed by atoms with van der Waals surface area (Å²) in [6.07, 6.45) is 6.24. The molecule has 1 aromatic heterocycles. The predicted molar refractivity (Wildman–Crippen MR) is 121 cm³/mol. The molecule has 0 unspecified atom stereocenters. The predicted octanol–water partition coefficient (Wildman–Crippen LogP) is 3.02. The maximum atomic E-state index is 12.8. The van der Waals surface area contributed by atoms with E-state index in [0.717, 1.165) is 5.56 Å². The summed E-state index contributed by atoms with van der Waals surface area (Å²) in [5.41, 5.74) is 4.25. The Balaban J connectivity index is 1.86. The fraction of sp³-hybridized carbons (Fsp3) is 0.0833. The monoisotopic (exact) mass is 430 g/mol. The maximum absolute atomic E-state index is 12.8. The molecule has 0 fully saturated rings. The first-order valence-corrected chi connectivity index (χ1v) is 9.64. The average molecular weight is 430 g/mol. The molecule has 0 aliphatic rings. The number of pyridine rings is 1. The molecule has 0 bridgehead atoms. The zero-order valence-electron chi connectivity index (χ0n) is 17.6. The summed E-state index contributed by atoms with van der Waals surface area (Å²) in [6, 6.07) is 17.2. The van der Waals surface area contributed by atoms with Crippen molar-refractivity contribution in [1.82, 2.24) is 15.7 Å². The molecule has 3 rings (SSSR count). The van der Waals surface area contributed by atoms with Gasteiger partial charge in [-0.3, -0.25) is 14.6 Å². The average Bonchev–Trinajstić information content (AvgIpc) is 2.84. The Labute approximate surface area is 185 Å². The SMILES string of the molecule is COc1ccc(/C=C(/NC(=O)c2ccccc2)C(=O)N/N=C\c2ccncc2)cc1OC. The van der Waals surface area contributed by atoms with Gasteiger partial charge in [0.2, 0.25) is 0 Å². The van der Waals surface area contributed by atoms with Crippen molar-refractivity contribution in [2.45, 2.75) is 0 Å². The van der Waals surface area contributed by atoms with E-state index < -0.39 is 11.8 Å². The van der Waals surface area contributed by atoms with Crippen molar-refractivity contribution in [3.63, 3.8) is 0 Å². The van der Waals surface area contributed by atoms with Gasteiger partial charge in [-0.2, -0.15) is 5.10 Å². The molecule has 0 aliphatic carbocycles. The molecular weight excluding hydrogens is 408 g/mol. The fourth-order valence-electron chi connectivity index (χ4n) is 2.73. The Bertz CT molecular complexity index is 1130. The molecule has 1 heterocycles. The number of ether oxygens (including phenoxy) is 2. The molecule has 0 saturated carbocycles. The zero-order chi connectivity index (χ0) is 22.8. The molecule has 32 heavy (non-hydrogen) atoms. The quantitative estimate of drug-likeness (QED) is 0.325. The molecule has 0 atom stereocenters. The lowest BCUT2D eigenvalue weighted by Crippen LogP contribution is -2.32. The minimum Gasteiger partial charge on any atom is -0.493 e. The molecule has 0 radical (unpaired) electrons. The van der Waals surface area contributed by atoms with Crippen LogP contribution in [0, 0.1) is 0 Å². The molecule has 2 N–H and O–H groups in total. The van der Waals surface area contributed by atoms with Gasteiger partial charge in [-0.1, -0.05) is 24.3 Å². The first-order valence-electron chi connectivity index (χ1n) is 9.64. The van der Waals surface area contributed by atoms with Gasteiger partial charge in [0, 0.05) is 18.0 Å². The largest absolute Gasteiger partial charge is 0.493 e. The van der Waals surface area contributed by atoms with E-state index in [0.29, 0.717) is 22.6 Å². The number of hydrazone groups is 1. The van der Waals surface area contributed by atoms with Gasteiger partial charge in [0.1, 0.15) is 5.70 Å². The molecular formula is C24H22N4O4. The highest BCUT2D eigenvalue weighted by molar-refractivity contribution is 6.05. The van der Waals surface area contributed by atoms with Crippen LogP contribution in [0.2, 0.25) is 0 Å². The summed E-state index contributed by atoms with van der Waals surface area (Å²) in [5, 5.41) is 6.61. The van der Waals surface area contributed by atoms with Crippen molar-refractivity contribution in [3.8, 4) is 11.5 Å². The standard InChI is InChI=1S/C24H22N4O4/c1-31-21-9-8-18(15-22(21)32-2)14-20(27-23(29)19-6-4-3-5-7-19)24(30)28-26-16-17-10-12-25-13-11-17/h3-16H,1-2H3,(H,27,29)(H,28,30)/b20-14+,26-16-. The number of carbonyl (C=O) groups excluding carboxylic acids is 2. The number of amides is 2. The molecule has 3 aromatic rings. The second-order valence-corrected chi connectivity index (χ2v) is 6.47. The van der Waals surface area contributed by atoms with Crippen LogP contribution in [-0.4, -0.2) is 37.2 Å². The molecule has 162 valence electrons. The van der Waals surface area contributed by atoms with Gasteiger partial charge in [0.15, 0.2) is 11.5 Å². The smallest absolute Gasteiger partial charge is 0.287 e. The van der Waals surface area contributed by atoms with Gasteiger partial charge in [-0.05, 0) is 53.6 Å². The van der Waals surface area contributed by atoms with Gasteiger partial charge in [0.25, 0.3) is 11.8 Å². The third kappa shape index (κ3) is 6.02. The topological polar surface area (TPSA) is 102 Å². The number of hydrogen-bond acceptors (Lipinski definition) is 6. The van der Waals surface area contributed by atoms with Crippen LogP contribution in [0.4, 0.5) is 0 Å². The van der Waals surface area contributed by atoms with Crippen LogP contribution >= 0.6 is 0 Å². The van der Waals surface area contributed by atoms with Crippen LogP contribution in [-0.2, 0) is 4.79 Å². The van der Waals surface area contributed by atoms with Crippen molar-refractivity contribution in [2.24, 2.45) is 5.10 Å². The Hall–Kier alpha value is -4.46.